The number of nitrogens with one attached hydrogen (secondary N) is 1. The summed E-state index contributed by atoms with van der Waals surface area (Å²) in [6.45, 7) is 13.0. The summed E-state index contributed by atoms with van der Waals surface area (Å²) in [6, 6.07) is 21.5. The molecule has 0 heterocycles. The number of hydrogen-bond donors (Lipinski definition) is 1. The van der Waals surface area contributed by atoms with Gasteiger partial charge in [0.25, 0.3) is 10.0 Å². The highest BCUT2D eigenvalue weighted by molar-refractivity contribution is 7.92. The van der Waals surface area contributed by atoms with Gasteiger partial charge in [-0.25, -0.2) is 8.42 Å². The van der Waals surface area contributed by atoms with Gasteiger partial charge < -0.3 is 0 Å². The molecule has 0 saturated heterocycles. The maximum Gasteiger partial charge on any atom is 0.262 e. The lowest BCUT2D eigenvalue weighted by atomic mass is 9.89. The van der Waals surface area contributed by atoms with Crippen molar-refractivity contribution < 1.29 is 8.42 Å². The summed E-state index contributed by atoms with van der Waals surface area (Å²) in [6.07, 6.45) is 1.74. The summed E-state index contributed by atoms with van der Waals surface area (Å²) >= 11 is 0. The van der Waals surface area contributed by atoms with E-state index in [2.05, 4.69) is 35.7 Å². The molecule has 1 N–H and O–H groups in total. The maximum absolute atomic E-state index is 13.8. The molecule has 0 aromatic heterocycles. The van der Waals surface area contributed by atoms with Crippen LogP contribution in [0.15, 0.2) is 76.6 Å². The van der Waals surface area contributed by atoms with Crippen molar-refractivity contribution in [2.24, 2.45) is 4.99 Å². The van der Waals surface area contributed by atoms with Crippen LogP contribution in [-0.2, 0) is 16.6 Å². The Labute approximate surface area is 205 Å². The third-order valence-electron chi connectivity index (χ3n) is 5.90. The number of aliphatic imine (C=N–C) groups is 1. The molecule has 0 radical (unpaired) electrons. The molecule has 0 aliphatic carbocycles. The van der Waals surface area contributed by atoms with E-state index in [0.29, 0.717) is 23.0 Å². The average molecular weight is 477 g/mol. The summed E-state index contributed by atoms with van der Waals surface area (Å²) in [5, 5.41) is 0. The van der Waals surface area contributed by atoms with E-state index in [1.807, 2.05) is 76.2 Å². The molecule has 0 bridgehead atoms. The Morgan fingerprint density at radius 1 is 0.794 bits per heavy atom. The van der Waals surface area contributed by atoms with Crippen LogP contribution in [0.2, 0.25) is 0 Å². The Morgan fingerprint density at radius 2 is 1.35 bits per heavy atom. The maximum atomic E-state index is 13.8. The first kappa shape index (κ1) is 25.7. The number of nitrogens with zero attached hydrogens (tertiary/aromatic N) is 1. The monoisotopic (exact) mass is 476 g/mol. The molecule has 0 atom stereocenters. The SMILES string of the molecule is CC(C)c1cc(C(C)C)c(S(=O)(=O)Nc2ccccc2C=NCc2ccccc2)c(C(C)C)c1. The van der Waals surface area contributed by atoms with Crippen molar-refractivity contribution in [3.63, 3.8) is 0 Å². The highest BCUT2D eigenvalue weighted by Crippen LogP contribution is 2.36. The number of rotatable bonds is 9. The van der Waals surface area contributed by atoms with Crippen LogP contribution in [0.1, 0.15) is 87.1 Å². The Bertz CT molecular complexity index is 1220. The first-order valence-electron chi connectivity index (χ1n) is 11.9. The van der Waals surface area contributed by atoms with Gasteiger partial charge in [0.2, 0.25) is 0 Å². The van der Waals surface area contributed by atoms with Crippen molar-refractivity contribution in [3.05, 3.63) is 94.5 Å². The van der Waals surface area contributed by atoms with E-state index in [1.165, 1.54) is 5.56 Å². The fourth-order valence-electron chi connectivity index (χ4n) is 3.93. The lowest BCUT2D eigenvalue weighted by Gasteiger charge is -2.23. The minimum atomic E-state index is -3.82. The number of para-hydroxylation sites is 1. The van der Waals surface area contributed by atoms with E-state index in [4.69, 9.17) is 0 Å². The van der Waals surface area contributed by atoms with Gasteiger partial charge in [0, 0.05) is 11.8 Å². The first-order valence-corrected chi connectivity index (χ1v) is 13.4. The zero-order valence-corrected chi connectivity index (χ0v) is 21.9. The third-order valence-corrected chi connectivity index (χ3v) is 7.40. The van der Waals surface area contributed by atoms with Crippen LogP contribution in [0.3, 0.4) is 0 Å². The normalized spacial score (nSPS) is 12.3. The van der Waals surface area contributed by atoms with Crippen LogP contribution < -0.4 is 4.72 Å². The molecule has 0 spiro atoms. The molecule has 180 valence electrons. The smallest absolute Gasteiger partial charge is 0.262 e. The van der Waals surface area contributed by atoms with E-state index >= 15 is 0 Å². The first-order chi connectivity index (χ1) is 16.1. The Balaban J connectivity index is 2.01. The molecule has 0 unspecified atom stereocenters. The fraction of sp³-hybridized carbons (Fsp3) is 0.345. The summed E-state index contributed by atoms with van der Waals surface area (Å²) in [4.78, 5) is 4.94. The van der Waals surface area contributed by atoms with Crippen LogP contribution in [-0.4, -0.2) is 14.6 Å². The van der Waals surface area contributed by atoms with Gasteiger partial charge in [-0.1, -0.05) is 102 Å². The molecule has 0 aliphatic heterocycles. The second-order valence-corrected chi connectivity index (χ2v) is 11.3. The van der Waals surface area contributed by atoms with Crippen LogP contribution in [0.4, 0.5) is 5.69 Å². The van der Waals surface area contributed by atoms with Gasteiger partial charge in [0.1, 0.15) is 0 Å². The van der Waals surface area contributed by atoms with E-state index in [9.17, 15) is 8.42 Å². The van der Waals surface area contributed by atoms with E-state index in [1.54, 1.807) is 12.3 Å². The highest BCUT2D eigenvalue weighted by Gasteiger charge is 2.27. The predicted molar refractivity (Wildman–Crippen MR) is 144 cm³/mol. The second-order valence-electron chi connectivity index (χ2n) is 9.64. The van der Waals surface area contributed by atoms with Gasteiger partial charge >= 0.3 is 0 Å². The standard InChI is InChI=1S/C29H36N2O2S/c1-20(2)25-16-26(21(3)4)29(27(17-25)22(5)6)34(32,33)31-28-15-11-10-14-24(28)19-30-18-23-12-8-7-9-13-23/h7-17,19-22,31H,18H2,1-6H3. The molecule has 3 aromatic carbocycles. The van der Waals surface area contributed by atoms with E-state index in [-0.39, 0.29) is 11.8 Å². The van der Waals surface area contributed by atoms with Crippen LogP contribution >= 0.6 is 0 Å². The van der Waals surface area contributed by atoms with Crippen LogP contribution in [0.25, 0.3) is 0 Å². The molecule has 0 amide bonds. The second kappa shape index (κ2) is 11.0. The van der Waals surface area contributed by atoms with Crippen molar-refractivity contribution >= 4 is 21.9 Å². The predicted octanol–water partition coefficient (Wildman–Crippen LogP) is 7.48. The lowest BCUT2D eigenvalue weighted by Crippen LogP contribution is -2.20. The minimum Gasteiger partial charge on any atom is -0.288 e. The van der Waals surface area contributed by atoms with Crippen LogP contribution in [0.5, 0.6) is 0 Å². The zero-order chi connectivity index (χ0) is 24.9. The molecular weight excluding hydrogens is 440 g/mol. The van der Waals surface area contributed by atoms with Crippen molar-refractivity contribution in [2.75, 3.05) is 4.72 Å². The Morgan fingerprint density at radius 3 is 1.91 bits per heavy atom. The van der Waals surface area contributed by atoms with Crippen molar-refractivity contribution in [1.82, 2.24) is 0 Å². The van der Waals surface area contributed by atoms with E-state index in [0.717, 1.165) is 22.3 Å². The third kappa shape index (κ3) is 6.15. The van der Waals surface area contributed by atoms with Gasteiger partial charge in [0.05, 0.1) is 17.1 Å². The van der Waals surface area contributed by atoms with Crippen molar-refractivity contribution in [1.29, 1.82) is 0 Å². The van der Waals surface area contributed by atoms with Gasteiger partial charge in [-0.3, -0.25) is 9.71 Å². The lowest BCUT2D eigenvalue weighted by molar-refractivity contribution is 0.595. The summed E-state index contributed by atoms with van der Waals surface area (Å²) in [5.41, 5.74) is 5.25. The highest BCUT2D eigenvalue weighted by atomic mass is 32.2. The van der Waals surface area contributed by atoms with Crippen molar-refractivity contribution in [3.8, 4) is 0 Å². The number of sulfonamides is 1. The average Bonchev–Trinajstić information content (AvgIpc) is 2.79. The molecular formula is C29H36N2O2S. The topological polar surface area (TPSA) is 58.5 Å². The Hall–Kier alpha value is -2.92. The molecule has 0 fully saturated rings. The molecule has 3 aromatic rings. The number of hydrogen-bond acceptors (Lipinski definition) is 3. The minimum absolute atomic E-state index is 0.0745. The Kier molecular flexibility index (Phi) is 8.32. The molecule has 5 heteroatoms. The summed E-state index contributed by atoms with van der Waals surface area (Å²) in [5.74, 6) is 0.470. The molecule has 0 saturated carbocycles. The van der Waals surface area contributed by atoms with Gasteiger partial charge in [-0.15, -0.1) is 0 Å². The molecule has 4 nitrogen and oxygen atoms in total. The quantitative estimate of drug-likeness (QED) is 0.326. The largest absolute Gasteiger partial charge is 0.288 e. The van der Waals surface area contributed by atoms with Crippen molar-refractivity contribution in [2.45, 2.75) is 70.7 Å². The number of benzene rings is 3. The summed E-state index contributed by atoms with van der Waals surface area (Å²) < 4.78 is 30.5. The van der Waals surface area contributed by atoms with Gasteiger partial charge in [-0.05, 0) is 46.1 Å². The summed E-state index contributed by atoms with van der Waals surface area (Å²) in [7, 11) is -3.82. The van der Waals surface area contributed by atoms with Gasteiger partial charge in [-0.2, -0.15) is 0 Å². The number of anilines is 1. The zero-order valence-electron chi connectivity index (χ0n) is 21.0. The molecule has 0 aliphatic rings. The van der Waals surface area contributed by atoms with E-state index < -0.39 is 10.0 Å². The fourth-order valence-corrected chi connectivity index (χ4v) is 5.72. The van der Waals surface area contributed by atoms with Crippen LogP contribution in [0, 0.1) is 0 Å². The molecule has 3 rings (SSSR count). The molecule has 34 heavy (non-hydrogen) atoms. The van der Waals surface area contributed by atoms with Gasteiger partial charge in [0.15, 0.2) is 0 Å².